The summed E-state index contributed by atoms with van der Waals surface area (Å²) in [6.45, 7) is 0. The van der Waals surface area contributed by atoms with Gasteiger partial charge in [-0.25, -0.2) is 8.78 Å². The maximum absolute atomic E-state index is 14.0. The molecule has 4 nitrogen and oxygen atoms in total. The number of nitrogens with zero attached hydrogens (tertiary/aromatic N) is 1. The van der Waals surface area contributed by atoms with Gasteiger partial charge in [0, 0.05) is 0 Å². The first-order valence-electron chi connectivity index (χ1n) is 5.43. The summed E-state index contributed by atoms with van der Waals surface area (Å²) in [5, 5.41) is 10.9. The van der Waals surface area contributed by atoms with Crippen LogP contribution in [0.3, 0.4) is 0 Å². The van der Waals surface area contributed by atoms with Crippen LogP contribution in [0.1, 0.15) is 5.56 Å². The highest BCUT2D eigenvalue weighted by atomic mass is 35.5. The molecule has 0 aliphatic carbocycles. The van der Waals surface area contributed by atoms with Crippen LogP contribution >= 0.6 is 11.6 Å². The molecule has 5 N–H and O–H groups in total. The molecule has 2 rings (SSSR count). The van der Waals surface area contributed by atoms with Crippen molar-refractivity contribution in [1.29, 1.82) is 5.26 Å². The van der Waals surface area contributed by atoms with Crippen LogP contribution in [0.5, 0.6) is 0 Å². The van der Waals surface area contributed by atoms with Crippen LogP contribution in [-0.2, 0) is 0 Å². The van der Waals surface area contributed by atoms with Gasteiger partial charge in [0.2, 0.25) is 0 Å². The van der Waals surface area contributed by atoms with Crippen molar-refractivity contribution in [3.63, 3.8) is 0 Å². The van der Waals surface area contributed by atoms with Crippen LogP contribution in [0.2, 0.25) is 5.02 Å². The molecule has 2 aromatic rings. The Morgan fingerprint density at radius 2 is 1.85 bits per heavy atom. The summed E-state index contributed by atoms with van der Waals surface area (Å²) >= 11 is 5.68. The van der Waals surface area contributed by atoms with Gasteiger partial charge in [-0.2, -0.15) is 5.26 Å². The van der Waals surface area contributed by atoms with Crippen molar-refractivity contribution in [3.8, 4) is 6.07 Å². The van der Waals surface area contributed by atoms with E-state index in [1.807, 2.05) is 0 Å². The fourth-order valence-electron chi connectivity index (χ4n) is 1.61. The van der Waals surface area contributed by atoms with E-state index < -0.39 is 11.6 Å². The van der Waals surface area contributed by atoms with Crippen LogP contribution < -0.4 is 16.8 Å². The van der Waals surface area contributed by atoms with Gasteiger partial charge in [-0.3, -0.25) is 0 Å². The third-order valence-electron chi connectivity index (χ3n) is 2.62. The lowest BCUT2D eigenvalue weighted by Crippen LogP contribution is -2.04. The van der Waals surface area contributed by atoms with E-state index in [0.29, 0.717) is 0 Å². The topological polar surface area (TPSA) is 87.9 Å². The largest absolute Gasteiger partial charge is 0.397 e. The third kappa shape index (κ3) is 2.44. The average Bonchev–Trinajstić information content (AvgIpc) is 2.42. The zero-order chi connectivity index (χ0) is 14.9. The van der Waals surface area contributed by atoms with E-state index in [2.05, 4.69) is 5.32 Å². The molecular formula is C13H9ClF2N4. The van der Waals surface area contributed by atoms with Crippen LogP contribution in [0.15, 0.2) is 24.3 Å². The Morgan fingerprint density at radius 1 is 1.15 bits per heavy atom. The molecule has 7 heteroatoms. The van der Waals surface area contributed by atoms with E-state index in [1.54, 1.807) is 6.07 Å². The summed E-state index contributed by atoms with van der Waals surface area (Å²) in [5.74, 6) is -1.58. The van der Waals surface area contributed by atoms with Crippen molar-refractivity contribution in [2.45, 2.75) is 0 Å². The second-order valence-corrected chi connectivity index (χ2v) is 4.37. The predicted molar refractivity (Wildman–Crippen MR) is 74.6 cm³/mol. The molecule has 102 valence electrons. The number of rotatable bonds is 2. The SMILES string of the molecule is N#Cc1ccc(Nc2c(N)cc(N)c(Cl)c2F)c(F)c1. The summed E-state index contributed by atoms with van der Waals surface area (Å²) in [6.07, 6.45) is 0. The molecule has 0 fully saturated rings. The average molecular weight is 295 g/mol. The molecule has 0 spiro atoms. The molecule has 0 aliphatic rings. The second kappa shape index (κ2) is 5.23. The maximum Gasteiger partial charge on any atom is 0.169 e. The van der Waals surface area contributed by atoms with Gasteiger partial charge in [0.05, 0.1) is 34.4 Å². The first-order valence-corrected chi connectivity index (χ1v) is 5.81. The number of nitrogens with two attached hydrogens (primary N) is 2. The molecule has 0 atom stereocenters. The molecule has 20 heavy (non-hydrogen) atoms. The lowest BCUT2D eigenvalue weighted by atomic mass is 10.2. The number of hydrogen-bond acceptors (Lipinski definition) is 4. The minimum absolute atomic E-state index is 0.00633. The molecule has 0 amide bonds. The van der Waals surface area contributed by atoms with Gasteiger partial charge in [0.25, 0.3) is 0 Å². The van der Waals surface area contributed by atoms with Crippen molar-refractivity contribution in [3.05, 3.63) is 46.5 Å². The quantitative estimate of drug-likeness (QED) is 0.741. The minimum atomic E-state index is -0.868. The Bertz CT molecular complexity index is 725. The van der Waals surface area contributed by atoms with Crippen molar-refractivity contribution >= 4 is 34.4 Å². The molecule has 0 saturated heterocycles. The molecule has 0 unspecified atom stereocenters. The number of halogens is 3. The van der Waals surface area contributed by atoms with Crippen molar-refractivity contribution < 1.29 is 8.78 Å². The van der Waals surface area contributed by atoms with E-state index in [1.165, 1.54) is 18.2 Å². The second-order valence-electron chi connectivity index (χ2n) is 3.99. The Balaban J connectivity index is 2.46. The first-order chi connectivity index (χ1) is 9.43. The van der Waals surface area contributed by atoms with E-state index in [0.717, 1.165) is 6.07 Å². The molecular weight excluding hydrogens is 286 g/mol. The van der Waals surface area contributed by atoms with Crippen LogP contribution in [0, 0.1) is 23.0 Å². The van der Waals surface area contributed by atoms with Crippen LogP contribution in [0.4, 0.5) is 31.5 Å². The molecule has 0 aliphatic heterocycles. The first kappa shape index (κ1) is 13.9. The van der Waals surface area contributed by atoms with Gasteiger partial charge < -0.3 is 16.8 Å². The maximum atomic E-state index is 14.0. The summed E-state index contributed by atoms with van der Waals surface area (Å²) in [6, 6.07) is 6.78. The van der Waals surface area contributed by atoms with Gasteiger partial charge in [0.1, 0.15) is 10.8 Å². The molecule has 0 radical (unpaired) electrons. The zero-order valence-electron chi connectivity index (χ0n) is 10.0. The Kier molecular flexibility index (Phi) is 3.63. The number of nitrogens with one attached hydrogen (secondary N) is 1. The Labute approximate surface area is 118 Å². The van der Waals surface area contributed by atoms with Gasteiger partial charge in [-0.05, 0) is 24.3 Å². The number of hydrogen-bond donors (Lipinski definition) is 3. The number of nitrogen functional groups attached to an aromatic ring is 2. The van der Waals surface area contributed by atoms with Gasteiger partial charge in [-0.1, -0.05) is 11.6 Å². The monoisotopic (exact) mass is 294 g/mol. The van der Waals surface area contributed by atoms with Gasteiger partial charge in [0.15, 0.2) is 5.82 Å². The number of nitriles is 1. The molecule has 0 bridgehead atoms. The summed E-state index contributed by atoms with van der Waals surface area (Å²) in [4.78, 5) is 0. The lowest BCUT2D eigenvalue weighted by Gasteiger charge is -2.13. The summed E-state index contributed by atoms with van der Waals surface area (Å²) < 4.78 is 27.7. The van der Waals surface area contributed by atoms with E-state index in [9.17, 15) is 8.78 Å². The fourth-order valence-corrected chi connectivity index (χ4v) is 1.76. The minimum Gasteiger partial charge on any atom is -0.397 e. The standard InChI is InChI=1S/C13H9ClF2N4/c14-11-8(18)4-9(19)13(12(11)16)20-10-2-1-6(5-17)3-7(10)15/h1-4,20H,18-19H2. The van der Waals surface area contributed by atoms with Crippen molar-refractivity contribution in [2.24, 2.45) is 0 Å². The number of benzene rings is 2. The van der Waals surface area contributed by atoms with Crippen LogP contribution in [0.25, 0.3) is 0 Å². The fraction of sp³-hybridized carbons (Fsp3) is 0. The number of anilines is 4. The molecule has 0 heterocycles. The third-order valence-corrected chi connectivity index (χ3v) is 3.01. The van der Waals surface area contributed by atoms with Gasteiger partial charge in [-0.15, -0.1) is 0 Å². The molecule has 0 aromatic heterocycles. The highest BCUT2D eigenvalue weighted by molar-refractivity contribution is 6.33. The van der Waals surface area contributed by atoms with Gasteiger partial charge >= 0.3 is 0 Å². The lowest BCUT2D eigenvalue weighted by molar-refractivity contribution is 0.626. The summed E-state index contributed by atoms with van der Waals surface area (Å²) in [5.41, 5.74) is 11.0. The van der Waals surface area contributed by atoms with E-state index in [4.69, 9.17) is 28.3 Å². The predicted octanol–water partition coefficient (Wildman–Crippen LogP) is 3.40. The summed E-state index contributed by atoms with van der Waals surface area (Å²) in [7, 11) is 0. The normalized spacial score (nSPS) is 10.1. The zero-order valence-corrected chi connectivity index (χ0v) is 10.8. The highest BCUT2D eigenvalue weighted by Crippen LogP contribution is 2.35. The van der Waals surface area contributed by atoms with Crippen LogP contribution in [-0.4, -0.2) is 0 Å². The van der Waals surface area contributed by atoms with Crippen molar-refractivity contribution in [1.82, 2.24) is 0 Å². The molecule has 2 aromatic carbocycles. The van der Waals surface area contributed by atoms with E-state index >= 15 is 0 Å². The Hall–Kier alpha value is -2.52. The van der Waals surface area contributed by atoms with E-state index in [-0.39, 0.29) is 33.3 Å². The van der Waals surface area contributed by atoms with Crippen molar-refractivity contribution in [2.75, 3.05) is 16.8 Å². The highest BCUT2D eigenvalue weighted by Gasteiger charge is 2.15. The smallest absolute Gasteiger partial charge is 0.169 e. The Morgan fingerprint density at radius 3 is 2.45 bits per heavy atom. The molecule has 0 saturated carbocycles.